The van der Waals surface area contributed by atoms with E-state index in [1.54, 1.807) is 18.9 Å². The predicted octanol–water partition coefficient (Wildman–Crippen LogP) is 4.04. The zero-order valence-corrected chi connectivity index (χ0v) is 18.0. The van der Waals surface area contributed by atoms with Crippen LogP contribution in [0.2, 0.25) is 0 Å². The van der Waals surface area contributed by atoms with Crippen molar-refractivity contribution < 1.29 is 14.3 Å². The smallest absolute Gasteiger partial charge is 0.342 e. The maximum absolute atomic E-state index is 13.1. The molecule has 3 aromatic rings. The van der Waals surface area contributed by atoms with Gasteiger partial charge in [-0.3, -0.25) is 4.79 Å². The highest BCUT2D eigenvalue weighted by Gasteiger charge is 2.27. The molecular formula is C25H27N3O3. The summed E-state index contributed by atoms with van der Waals surface area (Å²) < 4.78 is 5.61. The summed E-state index contributed by atoms with van der Waals surface area (Å²) in [5, 5.41) is 0.873. The maximum atomic E-state index is 13.1. The number of carbonyl (C=O) groups is 2. The third kappa shape index (κ3) is 4.68. The van der Waals surface area contributed by atoms with Gasteiger partial charge in [-0.05, 0) is 37.5 Å². The Morgan fingerprint density at radius 1 is 1.06 bits per heavy atom. The van der Waals surface area contributed by atoms with Crippen LogP contribution in [-0.4, -0.2) is 48.0 Å². The number of hydrogen-bond donors (Lipinski definition) is 0. The molecule has 1 unspecified atom stereocenters. The van der Waals surface area contributed by atoms with Gasteiger partial charge in [-0.15, -0.1) is 0 Å². The first-order valence-electron chi connectivity index (χ1n) is 10.7. The molecule has 0 radical (unpaired) electrons. The SMILES string of the molecule is CC(OC(=O)c1cc2ccccc2nc1N1CCCC1)C(=O)N(C)Cc1ccccc1. The Balaban J connectivity index is 1.53. The number of benzene rings is 2. The van der Waals surface area contributed by atoms with Crippen LogP contribution >= 0.6 is 0 Å². The van der Waals surface area contributed by atoms with Crippen LogP contribution in [0.25, 0.3) is 10.9 Å². The first-order chi connectivity index (χ1) is 15.0. The lowest BCUT2D eigenvalue weighted by Gasteiger charge is -2.23. The number of rotatable bonds is 6. The second-order valence-electron chi connectivity index (χ2n) is 7.97. The number of anilines is 1. The van der Waals surface area contributed by atoms with Crippen LogP contribution in [0, 0.1) is 0 Å². The molecule has 1 aromatic heterocycles. The number of esters is 1. The molecule has 0 aliphatic carbocycles. The molecule has 1 fully saturated rings. The van der Waals surface area contributed by atoms with Gasteiger partial charge in [-0.2, -0.15) is 0 Å². The van der Waals surface area contributed by atoms with Gasteiger partial charge in [0.2, 0.25) is 0 Å². The second kappa shape index (κ2) is 9.16. The van der Waals surface area contributed by atoms with Crippen LogP contribution in [0.1, 0.15) is 35.7 Å². The van der Waals surface area contributed by atoms with Crippen molar-refractivity contribution >= 4 is 28.6 Å². The van der Waals surface area contributed by atoms with Gasteiger partial charge < -0.3 is 14.5 Å². The normalized spacial score (nSPS) is 14.5. The number of carbonyl (C=O) groups excluding carboxylic acids is 2. The Kier molecular flexibility index (Phi) is 6.16. The Morgan fingerprint density at radius 3 is 2.48 bits per heavy atom. The van der Waals surface area contributed by atoms with Crippen LogP contribution in [0.5, 0.6) is 0 Å². The summed E-state index contributed by atoms with van der Waals surface area (Å²) >= 11 is 0. The summed E-state index contributed by atoms with van der Waals surface area (Å²) in [6.45, 7) is 3.80. The van der Waals surface area contributed by atoms with Crippen molar-refractivity contribution in [2.45, 2.75) is 32.4 Å². The Hall–Kier alpha value is -3.41. The van der Waals surface area contributed by atoms with Crippen molar-refractivity contribution in [1.29, 1.82) is 0 Å². The first-order valence-corrected chi connectivity index (χ1v) is 10.7. The molecular weight excluding hydrogens is 390 g/mol. The molecule has 2 aromatic carbocycles. The number of likely N-dealkylation sites (N-methyl/N-ethyl adjacent to an activating group) is 1. The molecule has 1 amide bonds. The Morgan fingerprint density at radius 2 is 1.74 bits per heavy atom. The zero-order valence-electron chi connectivity index (χ0n) is 18.0. The molecule has 1 aliphatic rings. The van der Waals surface area contributed by atoms with Crippen molar-refractivity contribution in [2.75, 3.05) is 25.0 Å². The highest BCUT2D eigenvalue weighted by atomic mass is 16.5. The summed E-state index contributed by atoms with van der Waals surface area (Å²) in [6, 6.07) is 19.3. The fourth-order valence-corrected chi connectivity index (χ4v) is 3.95. The minimum absolute atomic E-state index is 0.242. The number of para-hydroxylation sites is 1. The third-order valence-electron chi connectivity index (χ3n) is 5.60. The van der Waals surface area contributed by atoms with Crippen LogP contribution in [0.4, 0.5) is 5.82 Å². The third-order valence-corrected chi connectivity index (χ3v) is 5.60. The molecule has 160 valence electrons. The summed E-state index contributed by atoms with van der Waals surface area (Å²) in [5.41, 5.74) is 2.27. The fraction of sp³-hybridized carbons (Fsp3) is 0.320. The summed E-state index contributed by atoms with van der Waals surface area (Å²) in [5.74, 6) is -0.124. The summed E-state index contributed by atoms with van der Waals surface area (Å²) in [6.07, 6.45) is 1.25. The van der Waals surface area contributed by atoms with E-state index in [-0.39, 0.29) is 5.91 Å². The van der Waals surface area contributed by atoms with Gasteiger partial charge in [0.25, 0.3) is 5.91 Å². The predicted molar refractivity (Wildman–Crippen MR) is 121 cm³/mol. The van der Waals surface area contributed by atoms with E-state index >= 15 is 0 Å². The number of ether oxygens (including phenoxy) is 1. The van der Waals surface area contributed by atoms with E-state index < -0.39 is 12.1 Å². The number of hydrogen-bond acceptors (Lipinski definition) is 5. The minimum Gasteiger partial charge on any atom is -0.449 e. The Labute approximate surface area is 182 Å². The number of pyridine rings is 1. The summed E-state index contributed by atoms with van der Waals surface area (Å²) in [4.78, 5) is 34.3. The van der Waals surface area contributed by atoms with Gasteiger partial charge in [0.15, 0.2) is 6.10 Å². The minimum atomic E-state index is -0.890. The highest BCUT2D eigenvalue weighted by molar-refractivity contribution is 6.00. The van der Waals surface area contributed by atoms with Crippen LogP contribution in [0.3, 0.4) is 0 Å². The van der Waals surface area contributed by atoms with Crippen molar-refractivity contribution in [3.63, 3.8) is 0 Å². The Bertz CT molecular complexity index is 1080. The van der Waals surface area contributed by atoms with Gasteiger partial charge in [0, 0.05) is 32.1 Å². The van der Waals surface area contributed by atoms with E-state index in [1.165, 1.54) is 0 Å². The summed E-state index contributed by atoms with van der Waals surface area (Å²) in [7, 11) is 1.72. The number of aromatic nitrogens is 1. The monoisotopic (exact) mass is 417 g/mol. The molecule has 1 aliphatic heterocycles. The molecule has 6 heteroatoms. The van der Waals surface area contributed by atoms with Gasteiger partial charge >= 0.3 is 5.97 Å². The van der Waals surface area contributed by atoms with Crippen molar-refractivity contribution in [2.24, 2.45) is 0 Å². The molecule has 0 bridgehead atoms. The highest BCUT2D eigenvalue weighted by Crippen LogP contribution is 2.27. The molecule has 31 heavy (non-hydrogen) atoms. The number of amides is 1. The second-order valence-corrected chi connectivity index (χ2v) is 7.97. The maximum Gasteiger partial charge on any atom is 0.342 e. The lowest BCUT2D eigenvalue weighted by atomic mass is 10.1. The molecule has 1 atom stereocenters. The van der Waals surface area contributed by atoms with Gasteiger partial charge in [-0.1, -0.05) is 48.5 Å². The topological polar surface area (TPSA) is 62.7 Å². The van der Waals surface area contributed by atoms with E-state index in [1.807, 2.05) is 60.7 Å². The number of nitrogens with zero attached hydrogens (tertiary/aromatic N) is 3. The molecule has 0 spiro atoms. The average molecular weight is 418 g/mol. The molecule has 4 rings (SSSR count). The molecule has 0 saturated carbocycles. The zero-order chi connectivity index (χ0) is 21.8. The lowest BCUT2D eigenvalue weighted by Crippen LogP contribution is -2.37. The van der Waals surface area contributed by atoms with E-state index in [2.05, 4.69) is 4.90 Å². The fourth-order valence-electron chi connectivity index (χ4n) is 3.95. The van der Waals surface area contributed by atoms with Crippen molar-refractivity contribution in [1.82, 2.24) is 9.88 Å². The van der Waals surface area contributed by atoms with Crippen molar-refractivity contribution in [3.8, 4) is 0 Å². The molecule has 6 nitrogen and oxygen atoms in total. The molecule has 0 N–H and O–H groups in total. The van der Waals surface area contributed by atoms with E-state index in [0.717, 1.165) is 42.4 Å². The van der Waals surface area contributed by atoms with Gasteiger partial charge in [0.05, 0.1) is 5.52 Å². The van der Waals surface area contributed by atoms with Gasteiger partial charge in [0.1, 0.15) is 11.4 Å². The lowest BCUT2D eigenvalue weighted by molar-refractivity contribution is -0.139. The van der Waals surface area contributed by atoms with Crippen molar-refractivity contribution in [3.05, 3.63) is 71.8 Å². The number of fused-ring (bicyclic) bond motifs is 1. The van der Waals surface area contributed by atoms with E-state index in [4.69, 9.17) is 9.72 Å². The largest absolute Gasteiger partial charge is 0.449 e. The first kappa shape index (κ1) is 20.8. The molecule has 2 heterocycles. The average Bonchev–Trinajstić information content (AvgIpc) is 3.33. The van der Waals surface area contributed by atoms with E-state index in [0.29, 0.717) is 17.9 Å². The van der Waals surface area contributed by atoms with E-state index in [9.17, 15) is 9.59 Å². The molecule has 1 saturated heterocycles. The standard InChI is InChI=1S/C25H27N3O3/c1-18(24(29)27(2)17-19-10-4-3-5-11-19)31-25(30)21-16-20-12-6-7-13-22(20)26-23(21)28-14-8-9-15-28/h3-7,10-13,16,18H,8-9,14-15,17H2,1-2H3. The quantitative estimate of drug-likeness (QED) is 0.567. The van der Waals surface area contributed by atoms with Crippen LogP contribution in [0.15, 0.2) is 60.7 Å². The van der Waals surface area contributed by atoms with Crippen LogP contribution < -0.4 is 4.90 Å². The van der Waals surface area contributed by atoms with Gasteiger partial charge in [-0.25, -0.2) is 9.78 Å². The van der Waals surface area contributed by atoms with Crippen LogP contribution in [-0.2, 0) is 16.1 Å².